The van der Waals surface area contributed by atoms with E-state index in [0.717, 1.165) is 17.9 Å². The zero-order valence-electron chi connectivity index (χ0n) is 4.37. The van der Waals surface area contributed by atoms with Gasteiger partial charge in [-0.15, -0.1) is 0 Å². The highest BCUT2D eigenvalue weighted by Gasteiger charge is 2.19. The topological polar surface area (TPSA) is 37.3 Å². The van der Waals surface area contributed by atoms with E-state index in [1.54, 1.807) is 11.8 Å². The highest BCUT2D eigenvalue weighted by Crippen LogP contribution is 2.20. The Bertz CT molecular complexity index is 98.2. The minimum atomic E-state index is -1.56. The maximum atomic E-state index is 10.3. The standard InChI is InChI=1S/C4H8O2S2/c5-8(6)4-1-2-7-3-4/h4H,1-3H2,(H,5,6). The van der Waals surface area contributed by atoms with Crippen molar-refractivity contribution in [3.8, 4) is 0 Å². The molecule has 0 bridgehead atoms. The van der Waals surface area contributed by atoms with E-state index in [0.29, 0.717) is 0 Å². The molecule has 2 unspecified atom stereocenters. The first-order valence-electron chi connectivity index (χ1n) is 2.48. The Kier molecular flexibility index (Phi) is 2.34. The minimum Gasteiger partial charge on any atom is -0.306 e. The van der Waals surface area contributed by atoms with E-state index in [2.05, 4.69) is 0 Å². The average molecular weight is 152 g/mol. The molecule has 1 rings (SSSR count). The maximum absolute atomic E-state index is 10.3. The molecule has 1 heterocycles. The van der Waals surface area contributed by atoms with Gasteiger partial charge in [0.25, 0.3) is 0 Å². The first-order chi connectivity index (χ1) is 3.80. The summed E-state index contributed by atoms with van der Waals surface area (Å²) in [5.41, 5.74) is 0. The van der Waals surface area contributed by atoms with Gasteiger partial charge in [0.1, 0.15) is 0 Å². The highest BCUT2D eigenvalue weighted by atomic mass is 32.2. The van der Waals surface area contributed by atoms with Crippen LogP contribution in [0, 0.1) is 0 Å². The van der Waals surface area contributed by atoms with Crippen LogP contribution in [0.3, 0.4) is 0 Å². The van der Waals surface area contributed by atoms with Gasteiger partial charge in [0.15, 0.2) is 11.1 Å². The normalized spacial score (nSPS) is 32.9. The molecular formula is C4H8O2S2. The Morgan fingerprint density at radius 1 is 1.75 bits per heavy atom. The first-order valence-corrected chi connectivity index (χ1v) is 4.80. The molecule has 0 aliphatic carbocycles. The van der Waals surface area contributed by atoms with E-state index in [4.69, 9.17) is 4.55 Å². The van der Waals surface area contributed by atoms with Crippen LogP contribution in [-0.4, -0.2) is 25.5 Å². The van der Waals surface area contributed by atoms with Gasteiger partial charge in [-0.2, -0.15) is 11.8 Å². The van der Waals surface area contributed by atoms with Crippen molar-refractivity contribution in [3.05, 3.63) is 0 Å². The lowest BCUT2D eigenvalue weighted by atomic mass is 10.4. The van der Waals surface area contributed by atoms with E-state index < -0.39 is 11.1 Å². The van der Waals surface area contributed by atoms with Gasteiger partial charge in [-0.05, 0) is 12.2 Å². The van der Waals surface area contributed by atoms with Crippen LogP contribution in [0.2, 0.25) is 0 Å². The maximum Gasteiger partial charge on any atom is 0.156 e. The van der Waals surface area contributed by atoms with Crippen LogP contribution < -0.4 is 0 Å². The van der Waals surface area contributed by atoms with Crippen molar-refractivity contribution >= 4 is 22.8 Å². The molecule has 0 saturated carbocycles. The third-order valence-corrected chi connectivity index (χ3v) is 3.52. The molecule has 8 heavy (non-hydrogen) atoms. The van der Waals surface area contributed by atoms with Crippen LogP contribution in [0.15, 0.2) is 0 Å². The van der Waals surface area contributed by atoms with Crippen LogP contribution in [0.1, 0.15) is 6.42 Å². The molecule has 0 aromatic heterocycles. The third-order valence-electron chi connectivity index (χ3n) is 1.17. The predicted molar refractivity (Wildman–Crippen MR) is 36.5 cm³/mol. The monoisotopic (exact) mass is 152 g/mol. The largest absolute Gasteiger partial charge is 0.306 e. The Labute approximate surface area is 55.3 Å². The molecule has 4 heteroatoms. The van der Waals surface area contributed by atoms with Crippen molar-refractivity contribution in [2.45, 2.75) is 11.7 Å². The second-order valence-corrected chi connectivity index (χ2v) is 4.13. The van der Waals surface area contributed by atoms with Crippen molar-refractivity contribution in [1.29, 1.82) is 0 Å². The van der Waals surface area contributed by atoms with Crippen molar-refractivity contribution < 1.29 is 8.76 Å². The number of hydrogen-bond acceptors (Lipinski definition) is 2. The lowest BCUT2D eigenvalue weighted by Crippen LogP contribution is -2.11. The number of rotatable bonds is 1. The van der Waals surface area contributed by atoms with Gasteiger partial charge >= 0.3 is 0 Å². The summed E-state index contributed by atoms with van der Waals surface area (Å²) in [6.07, 6.45) is 0.910. The zero-order valence-corrected chi connectivity index (χ0v) is 6.00. The molecule has 0 spiro atoms. The molecule has 1 saturated heterocycles. The molecule has 1 fully saturated rings. The Morgan fingerprint density at radius 2 is 2.50 bits per heavy atom. The molecule has 0 aromatic rings. The fourth-order valence-electron chi connectivity index (χ4n) is 0.672. The second kappa shape index (κ2) is 2.85. The molecule has 0 aromatic carbocycles. The van der Waals surface area contributed by atoms with E-state index >= 15 is 0 Å². The lowest BCUT2D eigenvalue weighted by molar-refractivity contribution is 0.552. The fraction of sp³-hybridized carbons (Fsp3) is 1.00. The number of hydrogen-bond donors (Lipinski definition) is 1. The molecular weight excluding hydrogens is 144 g/mol. The Morgan fingerprint density at radius 3 is 2.75 bits per heavy atom. The van der Waals surface area contributed by atoms with Crippen LogP contribution in [-0.2, 0) is 11.1 Å². The highest BCUT2D eigenvalue weighted by molar-refractivity contribution is 8.00. The molecule has 1 aliphatic heterocycles. The van der Waals surface area contributed by atoms with E-state index in [1.807, 2.05) is 0 Å². The van der Waals surface area contributed by atoms with Gasteiger partial charge in [-0.25, -0.2) is 4.21 Å². The average Bonchev–Trinajstić information content (AvgIpc) is 2.12. The van der Waals surface area contributed by atoms with Crippen LogP contribution in [0.5, 0.6) is 0 Å². The summed E-state index contributed by atoms with van der Waals surface area (Å²) in [5.74, 6) is 1.92. The van der Waals surface area contributed by atoms with Crippen LogP contribution in [0.25, 0.3) is 0 Å². The summed E-state index contributed by atoms with van der Waals surface area (Å²) in [7, 11) is 0. The second-order valence-electron chi connectivity index (χ2n) is 1.76. The minimum absolute atomic E-state index is 0.0556. The Hall–Kier alpha value is 0.460. The quantitative estimate of drug-likeness (QED) is 0.562. The van der Waals surface area contributed by atoms with Crippen molar-refractivity contribution in [3.63, 3.8) is 0 Å². The van der Waals surface area contributed by atoms with Gasteiger partial charge in [-0.3, -0.25) is 0 Å². The van der Waals surface area contributed by atoms with Gasteiger partial charge in [-0.1, -0.05) is 0 Å². The van der Waals surface area contributed by atoms with E-state index in [9.17, 15) is 4.21 Å². The van der Waals surface area contributed by atoms with E-state index in [1.165, 1.54) is 0 Å². The third kappa shape index (κ3) is 1.47. The van der Waals surface area contributed by atoms with Crippen LogP contribution in [0.4, 0.5) is 0 Å². The predicted octanol–water partition coefficient (Wildman–Crippen LogP) is 0.714. The summed E-state index contributed by atoms with van der Waals surface area (Å²) in [4.78, 5) is 0. The summed E-state index contributed by atoms with van der Waals surface area (Å²) in [6.45, 7) is 0. The van der Waals surface area contributed by atoms with Gasteiger partial charge in [0.05, 0.1) is 5.25 Å². The molecule has 1 aliphatic rings. The van der Waals surface area contributed by atoms with Crippen molar-refractivity contribution in [2.24, 2.45) is 0 Å². The molecule has 48 valence electrons. The van der Waals surface area contributed by atoms with Gasteiger partial charge in [0, 0.05) is 5.75 Å². The summed E-state index contributed by atoms with van der Waals surface area (Å²) in [5, 5.41) is 0.0556. The number of thioether (sulfide) groups is 1. The smallest absolute Gasteiger partial charge is 0.156 e. The Balaban J connectivity index is 2.35. The molecule has 2 atom stereocenters. The van der Waals surface area contributed by atoms with Crippen molar-refractivity contribution in [2.75, 3.05) is 11.5 Å². The summed E-state index contributed by atoms with van der Waals surface area (Å²) >= 11 is 0.196. The molecule has 0 radical (unpaired) electrons. The summed E-state index contributed by atoms with van der Waals surface area (Å²) in [6, 6.07) is 0. The fourth-order valence-corrected chi connectivity index (χ4v) is 2.94. The van der Waals surface area contributed by atoms with Crippen molar-refractivity contribution in [1.82, 2.24) is 0 Å². The van der Waals surface area contributed by atoms with Gasteiger partial charge in [0.2, 0.25) is 0 Å². The molecule has 1 N–H and O–H groups in total. The zero-order chi connectivity index (χ0) is 5.98. The first kappa shape index (κ1) is 6.58. The summed E-state index contributed by atoms with van der Waals surface area (Å²) < 4.78 is 18.8. The van der Waals surface area contributed by atoms with E-state index in [-0.39, 0.29) is 5.25 Å². The molecule has 0 amide bonds. The van der Waals surface area contributed by atoms with Crippen LogP contribution >= 0.6 is 11.8 Å². The SMILES string of the molecule is O=S(O)C1CCSC1. The molecule has 2 nitrogen and oxygen atoms in total. The van der Waals surface area contributed by atoms with Gasteiger partial charge < -0.3 is 4.55 Å². The lowest BCUT2D eigenvalue weighted by Gasteiger charge is -1.97.